The largest absolute Gasteiger partial charge is 0.503 e. The molecule has 29 heavy (non-hydrogen) atoms. The first-order valence-corrected chi connectivity index (χ1v) is 8.84. The molecule has 0 unspecified atom stereocenters. The van der Waals surface area contributed by atoms with Crippen LogP contribution in [0.15, 0.2) is 59.9 Å². The number of nitrogens with one attached hydrogen (secondary N) is 1. The molecule has 5 nitrogen and oxygen atoms in total. The number of amides is 2. The average molecular weight is 404 g/mol. The Morgan fingerprint density at radius 2 is 1.76 bits per heavy atom. The number of carbonyl (C=O) groups excluding carboxylic acids is 2. The van der Waals surface area contributed by atoms with Crippen LogP contribution < -0.4 is 5.32 Å². The Hall–Kier alpha value is -3.29. The van der Waals surface area contributed by atoms with Gasteiger partial charge in [0.05, 0.1) is 23.7 Å². The Morgan fingerprint density at radius 3 is 2.34 bits per heavy atom. The summed E-state index contributed by atoms with van der Waals surface area (Å²) in [5.41, 5.74) is 0.903. The molecule has 0 saturated heterocycles. The minimum absolute atomic E-state index is 0.00743. The molecule has 8 heteroatoms. The van der Waals surface area contributed by atoms with Crippen LogP contribution >= 0.6 is 0 Å². The second-order valence-electron chi connectivity index (χ2n) is 6.89. The van der Waals surface area contributed by atoms with E-state index in [4.69, 9.17) is 0 Å². The molecule has 2 aromatic rings. The van der Waals surface area contributed by atoms with Crippen molar-refractivity contribution in [2.24, 2.45) is 0 Å². The zero-order valence-electron chi connectivity index (χ0n) is 15.7. The highest BCUT2D eigenvalue weighted by atomic mass is 19.4. The van der Waals surface area contributed by atoms with Gasteiger partial charge in [0.15, 0.2) is 5.76 Å². The Kier molecular flexibility index (Phi) is 5.37. The van der Waals surface area contributed by atoms with Crippen molar-refractivity contribution in [1.29, 1.82) is 0 Å². The molecule has 1 aliphatic rings. The molecular formula is C21H19F3N2O3. The van der Waals surface area contributed by atoms with Gasteiger partial charge in [0.25, 0.3) is 11.8 Å². The number of alkyl halides is 3. The third kappa shape index (κ3) is 4.26. The van der Waals surface area contributed by atoms with Crippen molar-refractivity contribution < 1.29 is 27.9 Å². The van der Waals surface area contributed by atoms with Gasteiger partial charge >= 0.3 is 6.18 Å². The van der Waals surface area contributed by atoms with Crippen LogP contribution in [0.5, 0.6) is 0 Å². The quantitative estimate of drug-likeness (QED) is 0.814. The Balaban J connectivity index is 1.81. The van der Waals surface area contributed by atoms with Crippen LogP contribution in [0.25, 0.3) is 11.1 Å². The highest BCUT2D eigenvalue weighted by Crippen LogP contribution is 2.32. The lowest BCUT2D eigenvalue weighted by Gasteiger charge is -2.16. The molecule has 1 aliphatic heterocycles. The fourth-order valence-electron chi connectivity index (χ4n) is 3.10. The zero-order chi connectivity index (χ0) is 21.3. The van der Waals surface area contributed by atoms with Crippen LogP contribution in [0, 0.1) is 0 Å². The van der Waals surface area contributed by atoms with Gasteiger partial charge in [0, 0.05) is 7.05 Å². The van der Waals surface area contributed by atoms with E-state index in [9.17, 15) is 27.9 Å². The van der Waals surface area contributed by atoms with Crippen LogP contribution in [0.4, 0.5) is 13.2 Å². The first-order valence-electron chi connectivity index (χ1n) is 8.84. The predicted molar refractivity (Wildman–Crippen MR) is 101 cm³/mol. The van der Waals surface area contributed by atoms with Crippen LogP contribution in [0.3, 0.4) is 0 Å². The first kappa shape index (κ1) is 20.4. The molecule has 2 amide bonds. The Bertz CT molecular complexity index is 999. The smallest absolute Gasteiger partial charge is 0.416 e. The van der Waals surface area contributed by atoms with E-state index in [2.05, 4.69) is 5.32 Å². The molecule has 0 aliphatic carbocycles. The number of aliphatic hydroxyl groups is 1. The number of rotatable bonds is 4. The molecular weight excluding hydrogens is 385 g/mol. The number of nitrogens with zero attached hydrogens (tertiary/aromatic N) is 1. The number of benzene rings is 2. The average Bonchev–Trinajstić information content (AvgIpc) is 2.95. The summed E-state index contributed by atoms with van der Waals surface area (Å²) in [6.07, 6.45) is -4.43. The van der Waals surface area contributed by atoms with Gasteiger partial charge in [0.1, 0.15) is 0 Å². The fraction of sp³-hybridized carbons (Fsp3) is 0.238. The van der Waals surface area contributed by atoms with Crippen molar-refractivity contribution >= 4 is 11.8 Å². The lowest BCUT2D eigenvalue weighted by molar-refractivity contribution is -0.137. The van der Waals surface area contributed by atoms with E-state index in [-0.39, 0.29) is 12.1 Å². The topological polar surface area (TPSA) is 69.6 Å². The molecule has 1 atom stereocenters. The first-order chi connectivity index (χ1) is 13.6. The zero-order valence-corrected chi connectivity index (χ0v) is 15.7. The maximum Gasteiger partial charge on any atom is 0.416 e. The maximum atomic E-state index is 13.0. The highest BCUT2D eigenvalue weighted by Gasteiger charge is 2.32. The molecule has 0 bridgehead atoms. The van der Waals surface area contributed by atoms with Gasteiger partial charge in [-0.25, -0.2) is 0 Å². The van der Waals surface area contributed by atoms with E-state index >= 15 is 0 Å². The number of aliphatic hydroxyl groups excluding tert-OH is 1. The second kappa shape index (κ2) is 7.62. The summed E-state index contributed by atoms with van der Waals surface area (Å²) in [7, 11) is 1.47. The SMILES string of the molecule is C[C@@H](NC(=O)C1=C(O)C(=O)N(C)C1)c1cccc(-c2cccc(C(F)(F)F)c2)c1. The molecule has 0 saturated carbocycles. The van der Waals surface area contributed by atoms with Crippen molar-refractivity contribution in [2.75, 3.05) is 13.6 Å². The van der Waals surface area contributed by atoms with Gasteiger partial charge in [0.2, 0.25) is 0 Å². The third-order valence-corrected chi connectivity index (χ3v) is 4.76. The van der Waals surface area contributed by atoms with Crippen molar-refractivity contribution in [3.8, 4) is 11.1 Å². The standard InChI is InChI=1S/C21H19F3N2O3/c1-12(25-19(28)17-11-26(2)20(29)18(17)27)13-5-3-6-14(9-13)15-7-4-8-16(10-15)21(22,23)24/h3-10,12,27H,11H2,1-2H3,(H,25,28)/t12-/m1/s1. The molecule has 0 spiro atoms. The van der Waals surface area contributed by atoms with E-state index in [1.165, 1.54) is 18.0 Å². The highest BCUT2D eigenvalue weighted by molar-refractivity contribution is 6.06. The van der Waals surface area contributed by atoms with Crippen LogP contribution in [0.2, 0.25) is 0 Å². The number of carbonyl (C=O) groups is 2. The normalized spacial score (nSPS) is 15.6. The third-order valence-electron chi connectivity index (χ3n) is 4.76. The molecule has 2 aromatic carbocycles. The molecule has 152 valence electrons. The summed E-state index contributed by atoms with van der Waals surface area (Å²) < 4.78 is 38.9. The lowest BCUT2D eigenvalue weighted by Crippen LogP contribution is -2.30. The number of hydrogen-bond acceptors (Lipinski definition) is 3. The summed E-state index contributed by atoms with van der Waals surface area (Å²) in [4.78, 5) is 25.3. The van der Waals surface area contributed by atoms with Crippen molar-refractivity contribution in [1.82, 2.24) is 10.2 Å². The summed E-state index contributed by atoms with van der Waals surface area (Å²) in [5, 5.41) is 12.5. The molecule has 3 rings (SSSR count). The maximum absolute atomic E-state index is 13.0. The molecule has 0 aromatic heterocycles. The van der Waals surface area contributed by atoms with Crippen molar-refractivity contribution in [3.63, 3.8) is 0 Å². The van der Waals surface area contributed by atoms with Crippen LogP contribution in [-0.4, -0.2) is 35.4 Å². The van der Waals surface area contributed by atoms with E-state index < -0.39 is 35.4 Å². The number of halogens is 3. The van der Waals surface area contributed by atoms with Gasteiger partial charge in [-0.3, -0.25) is 9.59 Å². The predicted octanol–water partition coefficient (Wildman–Crippen LogP) is 3.83. The Morgan fingerprint density at radius 1 is 1.14 bits per heavy atom. The fourth-order valence-corrected chi connectivity index (χ4v) is 3.10. The van der Waals surface area contributed by atoms with E-state index in [1.54, 1.807) is 37.3 Å². The monoisotopic (exact) mass is 404 g/mol. The van der Waals surface area contributed by atoms with Crippen LogP contribution in [0.1, 0.15) is 24.1 Å². The second-order valence-corrected chi connectivity index (χ2v) is 6.89. The van der Waals surface area contributed by atoms with Gasteiger partial charge in [-0.05, 0) is 41.8 Å². The summed E-state index contributed by atoms with van der Waals surface area (Å²) >= 11 is 0. The summed E-state index contributed by atoms with van der Waals surface area (Å²) in [5.74, 6) is -1.76. The van der Waals surface area contributed by atoms with Gasteiger partial charge in [-0.1, -0.05) is 30.3 Å². The summed E-state index contributed by atoms with van der Waals surface area (Å²) in [6, 6.07) is 11.3. The van der Waals surface area contributed by atoms with E-state index in [0.29, 0.717) is 16.7 Å². The van der Waals surface area contributed by atoms with Gasteiger partial charge in [-0.15, -0.1) is 0 Å². The van der Waals surface area contributed by atoms with E-state index in [1.807, 2.05) is 0 Å². The molecule has 1 heterocycles. The van der Waals surface area contributed by atoms with Gasteiger partial charge < -0.3 is 15.3 Å². The molecule has 2 N–H and O–H groups in total. The van der Waals surface area contributed by atoms with E-state index in [0.717, 1.165) is 12.1 Å². The molecule has 0 fully saturated rings. The Labute approximate surface area is 165 Å². The minimum Gasteiger partial charge on any atom is -0.503 e. The molecule has 0 radical (unpaired) electrons. The van der Waals surface area contributed by atoms with Crippen molar-refractivity contribution in [3.05, 3.63) is 71.0 Å². The summed E-state index contributed by atoms with van der Waals surface area (Å²) in [6.45, 7) is 1.72. The minimum atomic E-state index is -4.43. The van der Waals surface area contributed by atoms with Crippen LogP contribution in [-0.2, 0) is 15.8 Å². The lowest BCUT2D eigenvalue weighted by atomic mass is 9.98. The van der Waals surface area contributed by atoms with Crippen molar-refractivity contribution in [2.45, 2.75) is 19.1 Å². The van der Waals surface area contributed by atoms with Gasteiger partial charge in [-0.2, -0.15) is 13.2 Å². The number of likely N-dealkylation sites (N-methyl/N-ethyl adjacent to an activating group) is 1. The number of hydrogen-bond donors (Lipinski definition) is 2.